The maximum atomic E-state index is 9.24. The monoisotopic (exact) mass is 728 g/mol. The molecule has 57 heavy (non-hydrogen) atoms. The topological polar surface area (TPSA) is 78.0 Å². The number of nitrogens with zero attached hydrogens (tertiary/aromatic N) is 2. The third-order valence-corrected chi connectivity index (χ3v) is 12.0. The van der Waals surface area contributed by atoms with Crippen LogP contribution >= 0.6 is 0 Å². The van der Waals surface area contributed by atoms with Crippen molar-refractivity contribution < 1.29 is 4.42 Å². The summed E-state index contributed by atoms with van der Waals surface area (Å²) in [5.74, 6) is 0.123. The van der Waals surface area contributed by atoms with Gasteiger partial charge in [-0.05, 0) is 92.0 Å². The Hall–Kier alpha value is -7.63. The molecule has 2 heterocycles. The van der Waals surface area contributed by atoms with E-state index in [4.69, 9.17) is 14.4 Å². The van der Waals surface area contributed by atoms with E-state index in [1.165, 1.54) is 44.5 Å². The third-order valence-electron chi connectivity index (χ3n) is 12.0. The van der Waals surface area contributed by atoms with E-state index in [-0.39, 0.29) is 5.84 Å². The average Bonchev–Trinajstić information content (AvgIpc) is 3.90. The van der Waals surface area contributed by atoms with E-state index < -0.39 is 5.41 Å². The molecule has 8 aromatic carbocycles. The standard InChI is InChI=1S/C52H32N4O/c53-50(56-51-54-46-22-9-4-18-41(46)49(55-51)33-25-27-40-39-17-5-10-23-47(39)57-48(40)30-33)34-13-11-12-31(28-34)32-24-26-38-37-16-3-8-21-44(37)52(45(38)29-32)42-19-6-1-14-35(42)36-15-2-7-20-43(36)52/h1-30H,(H2,53,54,55,56). The molecule has 0 aliphatic heterocycles. The molecule has 0 atom stereocenters. The molecule has 5 heteroatoms. The van der Waals surface area contributed by atoms with Crippen LogP contribution in [0.4, 0.5) is 0 Å². The van der Waals surface area contributed by atoms with E-state index in [9.17, 15) is 5.41 Å². The largest absolute Gasteiger partial charge is 0.456 e. The average molecular weight is 729 g/mol. The van der Waals surface area contributed by atoms with Crippen LogP contribution in [0, 0.1) is 5.41 Å². The van der Waals surface area contributed by atoms with Gasteiger partial charge in [-0.1, -0.05) is 146 Å². The molecule has 266 valence electrons. The number of rotatable bonds is 3. The molecule has 1 spiro atoms. The Labute approximate surface area is 327 Å². The summed E-state index contributed by atoms with van der Waals surface area (Å²) < 4.78 is 6.23. The number of para-hydroxylation sites is 2. The van der Waals surface area contributed by atoms with Crippen molar-refractivity contribution in [3.05, 3.63) is 215 Å². The summed E-state index contributed by atoms with van der Waals surface area (Å²) in [6, 6.07) is 64.0. The number of benzene rings is 8. The highest BCUT2D eigenvalue weighted by molar-refractivity contribution is 6.07. The summed E-state index contributed by atoms with van der Waals surface area (Å²) in [7, 11) is 0. The molecule has 0 radical (unpaired) electrons. The van der Waals surface area contributed by atoms with Gasteiger partial charge in [-0.15, -0.1) is 0 Å². The minimum atomic E-state index is -0.418. The molecule has 5 nitrogen and oxygen atoms in total. The molecule has 0 bridgehead atoms. The number of hydrogen-bond donors (Lipinski definition) is 2. The molecule has 0 unspecified atom stereocenters. The minimum absolute atomic E-state index is 0.123. The number of hydrogen-bond acceptors (Lipinski definition) is 3. The quantitative estimate of drug-likeness (QED) is 0.140. The number of nitrogens with one attached hydrogen (secondary N) is 2. The lowest BCUT2D eigenvalue weighted by Gasteiger charge is -2.30. The van der Waals surface area contributed by atoms with Gasteiger partial charge in [0.2, 0.25) is 5.62 Å². The van der Waals surface area contributed by atoms with Crippen molar-refractivity contribution in [3.8, 4) is 44.6 Å². The molecule has 2 aliphatic rings. The first-order chi connectivity index (χ1) is 28.1. The number of aromatic nitrogens is 2. The maximum absolute atomic E-state index is 9.24. The van der Waals surface area contributed by atoms with E-state index in [0.29, 0.717) is 11.2 Å². The SMILES string of the molecule is N=C(/N=c1/nc(-c2ccc3c(c2)oc2ccccc23)c2ccccc2[nH]1)c1cccc(-c2ccc3c(c2)C2(c4ccccc4-c4ccccc42)c2ccccc2-3)c1. The summed E-state index contributed by atoms with van der Waals surface area (Å²) in [5.41, 5.74) is 17.3. The lowest BCUT2D eigenvalue weighted by Crippen LogP contribution is -2.25. The number of H-pyrrole nitrogens is 1. The van der Waals surface area contributed by atoms with Crippen LogP contribution in [0.5, 0.6) is 0 Å². The summed E-state index contributed by atoms with van der Waals surface area (Å²) in [6.07, 6.45) is 0. The van der Waals surface area contributed by atoms with Crippen LogP contribution in [0.3, 0.4) is 0 Å². The first kappa shape index (κ1) is 31.7. The molecule has 2 aliphatic carbocycles. The fourth-order valence-electron chi connectivity index (χ4n) is 9.55. The zero-order valence-corrected chi connectivity index (χ0v) is 30.6. The van der Waals surface area contributed by atoms with Gasteiger partial charge in [0.05, 0.1) is 16.6 Å². The second kappa shape index (κ2) is 11.9. The molecular weight excluding hydrogens is 697 g/mol. The fourth-order valence-corrected chi connectivity index (χ4v) is 9.55. The molecule has 10 aromatic rings. The van der Waals surface area contributed by atoms with Gasteiger partial charge >= 0.3 is 0 Å². The van der Waals surface area contributed by atoms with Crippen molar-refractivity contribution in [2.45, 2.75) is 5.41 Å². The van der Waals surface area contributed by atoms with Gasteiger partial charge in [-0.2, -0.15) is 4.99 Å². The van der Waals surface area contributed by atoms with E-state index in [2.05, 4.69) is 132 Å². The van der Waals surface area contributed by atoms with E-state index in [1.54, 1.807) is 0 Å². The number of amidine groups is 1. The van der Waals surface area contributed by atoms with E-state index >= 15 is 0 Å². The van der Waals surface area contributed by atoms with Gasteiger partial charge in [0.15, 0.2) is 5.84 Å². The van der Waals surface area contributed by atoms with Crippen LogP contribution in [0.15, 0.2) is 191 Å². The normalized spacial score (nSPS) is 13.6. The first-order valence-corrected chi connectivity index (χ1v) is 19.2. The van der Waals surface area contributed by atoms with Gasteiger partial charge in [0, 0.05) is 27.3 Å². The second-order valence-electron chi connectivity index (χ2n) is 15.0. The lowest BCUT2D eigenvalue weighted by molar-refractivity contribution is 0.669. The predicted molar refractivity (Wildman–Crippen MR) is 229 cm³/mol. The summed E-state index contributed by atoms with van der Waals surface area (Å²) in [5, 5.41) is 12.4. The molecule has 0 saturated heterocycles. The molecule has 0 fully saturated rings. The van der Waals surface area contributed by atoms with E-state index in [1.807, 2.05) is 54.6 Å². The number of aromatic amines is 1. The van der Waals surface area contributed by atoms with Gasteiger partial charge in [0.25, 0.3) is 0 Å². The summed E-state index contributed by atoms with van der Waals surface area (Å²) >= 11 is 0. The van der Waals surface area contributed by atoms with Gasteiger partial charge in [0.1, 0.15) is 11.2 Å². The van der Waals surface area contributed by atoms with Gasteiger partial charge < -0.3 is 9.40 Å². The molecular formula is C52H32N4O. The zero-order chi connectivity index (χ0) is 37.7. The van der Waals surface area contributed by atoms with Crippen molar-refractivity contribution >= 4 is 38.7 Å². The van der Waals surface area contributed by atoms with Crippen LogP contribution in [-0.2, 0) is 5.41 Å². The highest BCUT2D eigenvalue weighted by Crippen LogP contribution is 2.63. The maximum Gasteiger partial charge on any atom is 0.229 e. The highest BCUT2D eigenvalue weighted by atomic mass is 16.3. The first-order valence-electron chi connectivity index (χ1n) is 19.2. The van der Waals surface area contributed by atoms with Crippen molar-refractivity contribution in [1.82, 2.24) is 9.97 Å². The van der Waals surface area contributed by atoms with Crippen LogP contribution < -0.4 is 5.62 Å². The predicted octanol–water partition coefficient (Wildman–Crippen LogP) is 12.1. The van der Waals surface area contributed by atoms with Crippen molar-refractivity contribution in [2.75, 3.05) is 0 Å². The second-order valence-corrected chi connectivity index (χ2v) is 15.0. The van der Waals surface area contributed by atoms with E-state index in [0.717, 1.165) is 55.2 Å². The highest BCUT2D eigenvalue weighted by Gasteiger charge is 2.51. The minimum Gasteiger partial charge on any atom is -0.456 e. The molecule has 2 aromatic heterocycles. The van der Waals surface area contributed by atoms with Crippen LogP contribution in [-0.4, -0.2) is 15.8 Å². The molecule has 0 amide bonds. The number of fused-ring (bicyclic) bond motifs is 14. The Morgan fingerprint density at radius 1 is 0.491 bits per heavy atom. The Morgan fingerprint density at radius 3 is 1.84 bits per heavy atom. The van der Waals surface area contributed by atoms with Crippen molar-refractivity contribution in [1.29, 1.82) is 5.41 Å². The number of furan rings is 1. The Bertz CT molecular complexity index is 3340. The van der Waals surface area contributed by atoms with Crippen molar-refractivity contribution in [3.63, 3.8) is 0 Å². The third kappa shape index (κ3) is 4.54. The summed E-state index contributed by atoms with van der Waals surface area (Å²) in [4.78, 5) is 13.2. The Morgan fingerprint density at radius 2 is 1.09 bits per heavy atom. The lowest BCUT2D eigenvalue weighted by atomic mass is 9.70. The van der Waals surface area contributed by atoms with Gasteiger partial charge in [-0.25, -0.2) is 4.98 Å². The molecule has 12 rings (SSSR count). The molecule has 2 N–H and O–H groups in total. The van der Waals surface area contributed by atoms with Crippen molar-refractivity contribution in [2.24, 2.45) is 4.99 Å². The molecule has 0 saturated carbocycles. The van der Waals surface area contributed by atoms with Crippen LogP contribution in [0.1, 0.15) is 27.8 Å². The van der Waals surface area contributed by atoms with Gasteiger partial charge in [-0.3, -0.25) is 5.41 Å². The van der Waals surface area contributed by atoms with Crippen LogP contribution in [0.2, 0.25) is 0 Å². The Kier molecular flexibility index (Phi) is 6.64. The summed E-state index contributed by atoms with van der Waals surface area (Å²) in [6.45, 7) is 0. The van der Waals surface area contributed by atoms with Crippen LogP contribution in [0.25, 0.3) is 77.5 Å². The Balaban J connectivity index is 0.962. The smallest absolute Gasteiger partial charge is 0.229 e. The fraction of sp³-hybridized carbons (Fsp3) is 0.0192. The zero-order valence-electron chi connectivity index (χ0n) is 30.6.